The van der Waals surface area contributed by atoms with Gasteiger partial charge in [-0.2, -0.15) is 0 Å². The molecule has 1 N–H and O–H groups in total. The Balaban J connectivity index is 2.17. The van der Waals surface area contributed by atoms with Gasteiger partial charge >= 0.3 is 0 Å². The van der Waals surface area contributed by atoms with E-state index in [1.165, 1.54) is 0 Å². The van der Waals surface area contributed by atoms with Gasteiger partial charge in [-0.05, 0) is 52.9 Å². The SMILES string of the molecule is O=C(Nc1cccc(I)c1)c1cccc(Cl)n1. The minimum absolute atomic E-state index is 0.269. The van der Waals surface area contributed by atoms with Crippen molar-refractivity contribution in [2.24, 2.45) is 0 Å². The average molecular weight is 359 g/mol. The maximum absolute atomic E-state index is 11.8. The van der Waals surface area contributed by atoms with Gasteiger partial charge in [-0.25, -0.2) is 4.98 Å². The van der Waals surface area contributed by atoms with Crippen LogP contribution >= 0.6 is 34.2 Å². The van der Waals surface area contributed by atoms with Gasteiger partial charge < -0.3 is 5.32 Å². The van der Waals surface area contributed by atoms with E-state index in [9.17, 15) is 4.79 Å². The van der Waals surface area contributed by atoms with E-state index in [0.29, 0.717) is 10.8 Å². The van der Waals surface area contributed by atoms with Crippen LogP contribution in [0.5, 0.6) is 0 Å². The summed E-state index contributed by atoms with van der Waals surface area (Å²) in [6, 6.07) is 12.5. The molecule has 0 aliphatic carbocycles. The number of hydrogen-bond donors (Lipinski definition) is 1. The number of anilines is 1. The van der Waals surface area contributed by atoms with Gasteiger partial charge in [0.1, 0.15) is 10.8 Å². The van der Waals surface area contributed by atoms with Crippen molar-refractivity contribution < 1.29 is 4.79 Å². The van der Waals surface area contributed by atoms with Crippen LogP contribution in [-0.2, 0) is 0 Å². The number of halogens is 2. The first-order chi connectivity index (χ1) is 8.15. The van der Waals surface area contributed by atoms with Crippen LogP contribution < -0.4 is 5.32 Å². The summed E-state index contributed by atoms with van der Waals surface area (Å²) in [5.74, 6) is -0.269. The summed E-state index contributed by atoms with van der Waals surface area (Å²) in [6.07, 6.45) is 0. The van der Waals surface area contributed by atoms with E-state index >= 15 is 0 Å². The summed E-state index contributed by atoms with van der Waals surface area (Å²) in [5.41, 5.74) is 1.04. The Morgan fingerprint density at radius 3 is 2.71 bits per heavy atom. The van der Waals surface area contributed by atoms with E-state index in [1.54, 1.807) is 18.2 Å². The molecule has 1 aromatic heterocycles. The molecule has 0 spiro atoms. The molecule has 2 rings (SSSR count). The molecule has 17 heavy (non-hydrogen) atoms. The zero-order valence-corrected chi connectivity index (χ0v) is 11.6. The Morgan fingerprint density at radius 1 is 1.24 bits per heavy atom. The first-order valence-electron chi connectivity index (χ1n) is 4.84. The van der Waals surface area contributed by atoms with Crippen molar-refractivity contribution in [2.45, 2.75) is 0 Å². The van der Waals surface area contributed by atoms with Crippen molar-refractivity contribution in [1.82, 2.24) is 4.98 Å². The van der Waals surface area contributed by atoms with E-state index < -0.39 is 0 Å². The van der Waals surface area contributed by atoms with Crippen LogP contribution in [0.1, 0.15) is 10.5 Å². The minimum atomic E-state index is -0.269. The topological polar surface area (TPSA) is 42.0 Å². The van der Waals surface area contributed by atoms with Gasteiger partial charge in [0, 0.05) is 9.26 Å². The molecule has 1 aromatic carbocycles. The third-order valence-electron chi connectivity index (χ3n) is 2.03. The van der Waals surface area contributed by atoms with Crippen molar-refractivity contribution >= 4 is 45.8 Å². The van der Waals surface area contributed by atoms with E-state index in [4.69, 9.17) is 11.6 Å². The first-order valence-corrected chi connectivity index (χ1v) is 6.30. The number of carbonyl (C=O) groups excluding carboxylic acids is 1. The number of hydrogen-bond acceptors (Lipinski definition) is 2. The summed E-state index contributed by atoms with van der Waals surface area (Å²) >= 11 is 7.91. The normalized spacial score (nSPS) is 10.0. The lowest BCUT2D eigenvalue weighted by Gasteiger charge is -2.05. The maximum Gasteiger partial charge on any atom is 0.274 e. The van der Waals surface area contributed by atoms with Crippen molar-refractivity contribution in [3.63, 3.8) is 0 Å². The number of rotatable bonds is 2. The fraction of sp³-hybridized carbons (Fsp3) is 0. The van der Waals surface area contributed by atoms with Gasteiger partial charge in [-0.3, -0.25) is 4.79 Å². The zero-order valence-electron chi connectivity index (χ0n) is 8.65. The minimum Gasteiger partial charge on any atom is -0.321 e. The number of amides is 1. The van der Waals surface area contributed by atoms with Crippen LogP contribution in [0.2, 0.25) is 5.15 Å². The number of nitrogens with one attached hydrogen (secondary N) is 1. The number of pyridine rings is 1. The molecular formula is C12H8ClIN2O. The molecule has 0 fully saturated rings. The largest absolute Gasteiger partial charge is 0.321 e. The second-order valence-corrected chi connectivity index (χ2v) is 4.94. The highest BCUT2D eigenvalue weighted by Crippen LogP contribution is 2.13. The van der Waals surface area contributed by atoms with Crippen LogP contribution in [0, 0.1) is 3.57 Å². The molecule has 0 aliphatic heterocycles. The highest BCUT2D eigenvalue weighted by molar-refractivity contribution is 14.1. The molecule has 0 saturated heterocycles. The second-order valence-electron chi connectivity index (χ2n) is 3.31. The lowest BCUT2D eigenvalue weighted by molar-refractivity contribution is 0.102. The molecule has 0 saturated carbocycles. The zero-order chi connectivity index (χ0) is 12.3. The summed E-state index contributed by atoms with van der Waals surface area (Å²) in [6.45, 7) is 0. The molecule has 3 nitrogen and oxygen atoms in total. The van der Waals surface area contributed by atoms with Gasteiger partial charge in [0.25, 0.3) is 5.91 Å². The number of carbonyl (C=O) groups is 1. The summed E-state index contributed by atoms with van der Waals surface area (Å²) in [5, 5.41) is 3.07. The molecular weight excluding hydrogens is 351 g/mol. The Labute approximate surface area is 117 Å². The Kier molecular flexibility index (Phi) is 3.96. The van der Waals surface area contributed by atoms with Crippen molar-refractivity contribution in [2.75, 3.05) is 5.32 Å². The Hall–Kier alpha value is -1.14. The fourth-order valence-electron chi connectivity index (χ4n) is 1.30. The van der Waals surface area contributed by atoms with Crippen LogP contribution in [0.4, 0.5) is 5.69 Å². The van der Waals surface area contributed by atoms with Gasteiger partial charge in [0.05, 0.1) is 0 Å². The fourth-order valence-corrected chi connectivity index (χ4v) is 2.00. The van der Waals surface area contributed by atoms with E-state index in [-0.39, 0.29) is 5.91 Å². The van der Waals surface area contributed by atoms with Gasteiger partial charge in [0.2, 0.25) is 0 Å². The molecule has 2 aromatic rings. The summed E-state index contributed by atoms with van der Waals surface area (Å²) in [4.78, 5) is 15.8. The standard InChI is InChI=1S/C12H8ClIN2O/c13-11-6-2-5-10(16-11)12(17)15-9-4-1-3-8(14)7-9/h1-7H,(H,15,17). The monoisotopic (exact) mass is 358 g/mol. The van der Waals surface area contributed by atoms with Crippen molar-refractivity contribution in [3.05, 3.63) is 56.9 Å². The Bertz CT molecular complexity index is 560. The van der Waals surface area contributed by atoms with E-state index in [0.717, 1.165) is 9.26 Å². The van der Waals surface area contributed by atoms with E-state index in [1.807, 2.05) is 24.3 Å². The predicted molar refractivity (Wildman–Crippen MR) is 76.4 cm³/mol. The smallest absolute Gasteiger partial charge is 0.274 e. The van der Waals surface area contributed by atoms with E-state index in [2.05, 4.69) is 32.9 Å². The quantitative estimate of drug-likeness (QED) is 0.658. The highest BCUT2D eigenvalue weighted by Gasteiger charge is 2.07. The molecule has 1 heterocycles. The lowest BCUT2D eigenvalue weighted by atomic mass is 10.3. The molecule has 1 amide bonds. The number of benzene rings is 1. The molecule has 86 valence electrons. The van der Waals surface area contributed by atoms with Crippen LogP contribution in [0.3, 0.4) is 0 Å². The highest BCUT2D eigenvalue weighted by atomic mass is 127. The second kappa shape index (κ2) is 5.46. The third-order valence-corrected chi connectivity index (χ3v) is 2.91. The lowest BCUT2D eigenvalue weighted by Crippen LogP contribution is -2.13. The average Bonchev–Trinajstić information content (AvgIpc) is 2.29. The number of nitrogens with zero attached hydrogens (tertiary/aromatic N) is 1. The molecule has 0 bridgehead atoms. The van der Waals surface area contributed by atoms with Gasteiger partial charge in [-0.15, -0.1) is 0 Å². The molecule has 0 atom stereocenters. The van der Waals surface area contributed by atoms with Gasteiger partial charge in [0.15, 0.2) is 0 Å². The van der Waals surface area contributed by atoms with Crippen molar-refractivity contribution in [3.8, 4) is 0 Å². The third kappa shape index (κ3) is 3.41. The van der Waals surface area contributed by atoms with Crippen LogP contribution in [0.25, 0.3) is 0 Å². The predicted octanol–water partition coefficient (Wildman–Crippen LogP) is 3.59. The Morgan fingerprint density at radius 2 is 2.00 bits per heavy atom. The van der Waals surface area contributed by atoms with Crippen LogP contribution in [-0.4, -0.2) is 10.9 Å². The molecule has 0 unspecified atom stereocenters. The number of aromatic nitrogens is 1. The molecule has 5 heteroatoms. The maximum atomic E-state index is 11.8. The van der Waals surface area contributed by atoms with Gasteiger partial charge in [-0.1, -0.05) is 23.7 Å². The summed E-state index contributed by atoms with van der Waals surface area (Å²) < 4.78 is 1.06. The first kappa shape index (κ1) is 12.3. The molecule has 0 radical (unpaired) electrons. The molecule has 0 aliphatic rings. The van der Waals surface area contributed by atoms with Crippen LogP contribution in [0.15, 0.2) is 42.5 Å². The van der Waals surface area contributed by atoms with Crippen molar-refractivity contribution in [1.29, 1.82) is 0 Å². The summed E-state index contributed by atoms with van der Waals surface area (Å²) in [7, 11) is 0.